The van der Waals surface area contributed by atoms with E-state index in [0.717, 1.165) is 29.4 Å². The summed E-state index contributed by atoms with van der Waals surface area (Å²) in [5.74, 6) is -0.00758. The minimum Gasteiger partial charge on any atom is -0.345 e. The molecule has 1 aromatic carbocycles. The van der Waals surface area contributed by atoms with Gasteiger partial charge in [0, 0.05) is 46.3 Å². The molecule has 1 saturated heterocycles. The van der Waals surface area contributed by atoms with Crippen LogP contribution >= 0.6 is 0 Å². The summed E-state index contributed by atoms with van der Waals surface area (Å²) >= 11 is 0. The third-order valence-corrected chi connectivity index (χ3v) is 6.99. The number of halogens is 1. The number of rotatable bonds is 6. The monoisotopic (exact) mass is 484 g/mol. The Hall–Kier alpha value is -3.43. The molecule has 1 fully saturated rings. The number of aromatic nitrogens is 4. The van der Waals surface area contributed by atoms with Crippen LogP contribution in [0.3, 0.4) is 0 Å². The number of carbonyl (C=O) groups excluding carboxylic acids is 1. The second-order valence-electron chi connectivity index (χ2n) is 9.46. The van der Waals surface area contributed by atoms with E-state index >= 15 is 0 Å². The molecule has 0 saturated carbocycles. The Morgan fingerprint density at radius 1 is 1.23 bits per heavy atom. The quantitative estimate of drug-likeness (QED) is 0.535. The van der Waals surface area contributed by atoms with E-state index in [0.29, 0.717) is 31.1 Å². The van der Waals surface area contributed by atoms with Crippen molar-refractivity contribution in [1.29, 1.82) is 0 Å². The predicted octanol–water partition coefficient (Wildman–Crippen LogP) is 2.01. The van der Waals surface area contributed by atoms with Crippen LogP contribution in [0.2, 0.25) is 0 Å². The van der Waals surface area contributed by atoms with E-state index in [1.807, 2.05) is 31.9 Å². The lowest BCUT2D eigenvalue weighted by Gasteiger charge is -2.34. The second kappa shape index (κ2) is 9.67. The van der Waals surface area contributed by atoms with E-state index < -0.39 is 11.2 Å². The molecule has 9 nitrogen and oxygen atoms in total. The number of piperidine rings is 1. The van der Waals surface area contributed by atoms with Crippen molar-refractivity contribution in [2.75, 3.05) is 31.6 Å². The second-order valence-corrected chi connectivity index (χ2v) is 9.46. The van der Waals surface area contributed by atoms with E-state index in [2.05, 4.69) is 0 Å². The molecule has 1 unspecified atom stereocenters. The number of amides is 1. The first kappa shape index (κ1) is 24.7. The van der Waals surface area contributed by atoms with Gasteiger partial charge in [-0.05, 0) is 37.8 Å². The van der Waals surface area contributed by atoms with Crippen LogP contribution < -0.4 is 16.1 Å². The predicted molar refractivity (Wildman–Crippen MR) is 133 cm³/mol. The number of carbonyl (C=O) groups is 1. The summed E-state index contributed by atoms with van der Waals surface area (Å²) in [7, 11) is 4.82. The van der Waals surface area contributed by atoms with E-state index in [-0.39, 0.29) is 35.4 Å². The maximum absolute atomic E-state index is 14.8. The molecule has 0 N–H and O–H groups in total. The first-order valence-electron chi connectivity index (χ1n) is 12.1. The molecule has 4 rings (SSSR count). The number of benzene rings is 1. The fourth-order valence-electron chi connectivity index (χ4n) is 4.97. The Morgan fingerprint density at radius 2 is 1.97 bits per heavy atom. The summed E-state index contributed by atoms with van der Waals surface area (Å²) in [4.78, 5) is 47.3. The number of anilines is 1. The van der Waals surface area contributed by atoms with Crippen LogP contribution in [0.1, 0.15) is 37.3 Å². The minimum atomic E-state index is -0.483. The SMILES string of the molecule is CCCN(C)C(=O)C1CCCN(c2nc3c(c(=O)n(C)c(=O)n3C)n2Cc2c(C)cccc2F)C1. The lowest BCUT2D eigenvalue weighted by Crippen LogP contribution is -2.44. The number of nitrogens with zero attached hydrogens (tertiary/aromatic N) is 6. The van der Waals surface area contributed by atoms with Crippen molar-refractivity contribution in [1.82, 2.24) is 23.6 Å². The van der Waals surface area contributed by atoms with E-state index in [1.54, 1.807) is 22.6 Å². The van der Waals surface area contributed by atoms with Gasteiger partial charge in [-0.15, -0.1) is 0 Å². The van der Waals surface area contributed by atoms with Gasteiger partial charge in [0.1, 0.15) is 5.82 Å². The van der Waals surface area contributed by atoms with Crippen LogP contribution in [0.15, 0.2) is 27.8 Å². The van der Waals surface area contributed by atoms with Crippen molar-refractivity contribution in [3.63, 3.8) is 0 Å². The van der Waals surface area contributed by atoms with Gasteiger partial charge < -0.3 is 9.80 Å². The lowest BCUT2D eigenvalue weighted by molar-refractivity contribution is -0.134. The molecular weight excluding hydrogens is 451 g/mol. The Morgan fingerprint density at radius 3 is 2.66 bits per heavy atom. The zero-order chi connectivity index (χ0) is 25.4. The van der Waals surface area contributed by atoms with Gasteiger partial charge in [0.15, 0.2) is 11.2 Å². The molecule has 10 heteroatoms. The summed E-state index contributed by atoms with van der Waals surface area (Å²) in [6.45, 7) is 5.73. The van der Waals surface area contributed by atoms with Crippen LogP contribution in [0.5, 0.6) is 0 Å². The largest absolute Gasteiger partial charge is 0.345 e. The van der Waals surface area contributed by atoms with Crippen molar-refractivity contribution < 1.29 is 9.18 Å². The average Bonchev–Trinajstić information content (AvgIpc) is 3.23. The molecule has 0 spiro atoms. The van der Waals surface area contributed by atoms with Crippen molar-refractivity contribution >= 4 is 23.0 Å². The highest BCUT2D eigenvalue weighted by Crippen LogP contribution is 2.28. The van der Waals surface area contributed by atoms with Crippen molar-refractivity contribution in [2.45, 2.75) is 39.7 Å². The van der Waals surface area contributed by atoms with Gasteiger partial charge in [0.25, 0.3) is 5.56 Å². The van der Waals surface area contributed by atoms with Gasteiger partial charge in [0.05, 0.1) is 12.5 Å². The fraction of sp³-hybridized carbons (Fsp3) is 0.520. The molecule has 188 valence electrons. The summed E-state index contributed by atoms with van der Waals surface area (Å²) in [6.07, 6.45) is 2.44. The molecule has 1 amide bonds. The van der Waals surface area contributed by atoms with Crippen LogP contribution in [-0.2, 0) is 25.4 Å². The first-order valence-corrected chi connectivity index (χ1v) is 12.1. The topological polar surface area (TPSA) is 85.4 Å². The minimum absolute atomic E-state index is 0.0859. The lowest BCUT2D eigenvalue weighted by atomic mass is 9.97. The van der Waals surface area contributed by atoms with Gasteiger partial charge in [-0.1, -0.05) is 19.1 Å². The molecule has 35 heavy (non-hydrogen) atoms. The van der Waals surface area contributed by atoms with Gasteiger partial charge in [0.2, 0.25) is 11.9 Å². The van der Waals surface area contributed by atoms with E-state index in [1.165, 1.54) is 17.7 Å². The molecule has 0 bridgehead atoms. The molecule has 3 heterocycles. The molecule has 1 aliphatic heterocycles. The normalized spacial score (nSPS) is 16.2. The molecule has 1 aliphatic rings. The maximum atomic E-state index is 14.8. The number of hydrogen-bond donors (Lipinski definition) is 0. The summed E-state index contributed by atoms with van der Waals surface area (Å²) < 4.78 is 18.9. The van der Waals surface area contributed by atoms with Gasteiger partial charge in [-0.2, -0.15) is 4.98 Å². The Bertz CT molecular complexity index is 1370. The fourth-order valence-corrected chi connectivity index (χ4v) is 4.97. The highest BCUT2D eigenvalue weighted by atomic mass is 19.1. The standard InChI is InChI=1S/C25H33FN6O3/c1-6-12-28(3)22(33)17-10-8-13-31(14-17)24-27-21-20(23(34)30(5)25(35)29(21)4)32(24)15-18-16(2)9-7-11-19(18)26/h7,9,11,17H,6,8,10,12-15H2,1-5H3. The van der Waals surface area contributed by atoms with Gasteiger partial charge >= 0.3 is 5.69 Å². The molecule has 0 aliphatic carbocycles. The van der Waals surface area contributed by atoms with Crippen molar-refractivity contribution in [3.8, 4) is 0 Å². The third-order valence-electron chi connectivity index (χ3n) is 6.99. The Kier molecular flexibility index (Phi) is 6.82. The van der Waals surface area contributed by atoms with Gasteiger partial charge in [-0.25, -0.2) is 9.18 Å². The molecule has 1 atom stereocenters. The molecular formula is C25H33FN6O3. The van der Waals surface area contributed by atoms with Gasteiger partial charge in [-0.3, -0.25) is 23.3 Å². The average molecular weight is 485 g/mol. The maximum Gasteiger partial charge on any atom is 0.332 e. The Labute approximate surface area is 203 Å². The molecule has 0 radical (unpaired) electrons. The highest BCUT2D eigenvalue weighted by Gasteiger charge is 2.31. The zero-order valence-corrected chi connectivity index (χ0v) is 21.0. The molecule has 3 aromatic rings. The molecule has 2 aromatic heterocycles. The summed E-state index contributed by atoms with van der Waals surface area (Å²) in [5, 5.41) is 0. The van der Waals surface area contributed by atoms with E-state index in [9.17, 15) is 18.8 Å². The van der Waals surface area contributed by atoms with Crippen LogP contribution in [0.4, 0.5) is 10.3 Å². The highest BCUT2D eigenvalue weighted by molar-refractivity contribution is 5.80. The summed E-state index contributed by atoms with van der Waals surface area (Å²) in [5.41, 5.74) is 0.739. The zero-order valence-electron chi connectivity index (χ0n) is 21.0. The van der Waals surface area contributed by atoms with Crippen molar-refractivity contribution in [3.05, 3.63) is 56.0 Å². The summed E-state index contributed by atoms with van der Waals surface area (Å²) in [6, 6.07) is 4.87. The third kappa shape index (κ3) is 4.37. The number of hydrogen-bond acceptors (Lipinski definition) is 5. The first-order chi connectivity index (χ1) is 16.6. The number of aryl methyl sites for hydroxylation is 2. The van der Waals surface area contributed by atoms with Crippen LogP contribution in [0, 0.1) is 18.7 Å². The van der Waals surface area contributed by atoms with Crippen LogP contribution in [0.25, 0.3) is 11.2 Å². The number of fused-ring (bicyclic) bond motifs is 1. The van der Waals surface area contributed by atoms with E-state index in [4.69, 9.17) is 4.98 Å². The smallest absolute Gasteiger partial charge is 0.332 e. The van der Waals surface area contributed by atoms with Crippen LogP contribution in [-0.4, -0.2) is 56.2 Å². The Balaban J connectivity index is 1.86. The van der Waals surface area contributed by atoms with Crippen molar-refractivity contribution in [2.24, 2.45) is 20.0 Å². The number of imidazole rings is 1.